The van der Waals surface area contributed by atoms with Crippen LogP contribution in [0.4, 0.5) is 0 Å². The molecule has 8 heteroatoms. The zero-order valence-electron chi connectivity index (χ0n) is 44.5. The van der Waals surface area contributed by atoms with Gasteiger partial charge in [0.1, 0.15) is 4.83 Å². The number of rotatable bonds is 8. The number of aromatic nitrogens is 5. The van der Waals surface area contributed by atoms with E-state index in [1.54, 1.807) is 29.7 Å². The van der Waals surface area contributed by atoms with Gasteiger partial charge in [-0.2, -0.15) is 11.3 Å². The van der Waals surface area contributed by atoms with E-state index in [1.165, 1.54) is 55.0 Å². The van der Waals surface area contributed by atoms with Gasteiger partial charge in [0.2, 0.25) is 0 Å². The minimum absolute atomic E-state index is 0. The average Bonchev–Trinajstić information content (AvgIpc) is 3.87. The summed E-state index contributed by atoms with van der Waals surface area (Å²) >= 11 is 1.73. The van der Waals surface area contributed by atoms with Crippen LogP contribution in [-0.2, 0) is 26.5 Å². The summed E-state index contributed by atoms with van der Waals surface area (Å²) in [4.78, 5) is 20.4. The Hall–Kier alpha value is -5.11. The standard InChI is InChI=1S/C37H33N4S.C20H28NSi.Ir/c1-21(2)29-18-26(25-10-8-7-9-11-25)19-30(22(3)4)34(29)41-32-20-38-17-16-31(32)40-36(41)28-14-12-23(5)33-27-15-13-24(6)39-37(27)42-35(28)33;1-15-8-10-16(11-9-15)18-12-17(13-20(2,3)4)19(14-21-18)22(5,6)7;/h7-13,15-22H,1-6H3;8-10,12,14H,13H2,1-7H3;/q2*-1;/i;1D3,13D2;. The second kappa shape index (κ2) is 19.0. The van der Waals surface area contributed by atoms with E-state index in [9.17, 15) is 0 Å². The minimum atomic E-state index is -2.17. The molecule has 0 unspecified atom stereocenters. The van der Waals surface area contributed by atoms with Gasteiger partial charge in [-0.3, -0.25) is 9.97 Å². The second-order valence-corrected chi connectivity index (χ2v) is 25.5. The SMILES string of the molecule is Cc1ccc2c(n1)sc1c(-c3nc4ccncc4n3-c3c(C(C)C)cc(-c4ccccc4)cc3C(C)C)[c-]cc(C)c12.[2H]C([2H])([2H])c1c[c-]c(-c2cc(C([2H])([2H])C(C)(C)C)c([Si](C)(C)C)cn2)cc1.[Ir]. The molecule has 0 saturated heterocycles. The quantitative estimate of drug-likeness (QED) is 0.112. The van der Waals surface area contributed by atoms with Crippen LogP contribution in [0.15, 0.2) is 110 Å². The van der Waals surface area contributed by atoms with Gasteiger partial charge in [-0.25, -0.2) is 4.98 Å². The summed E-state index contributed by atoms with van der Waals surface area (Å²) in [5, 5.41) is 3.43. The molecule has 9 aromatic rings. The smallest absolute Gasteiger partial charge is 0.114 e. The van der Waals surface area contributed by atoms with Gasteiger partial charge in [-0.05, 0) is 92.6 Å². The maximum atomic E-state index is 8.79. The first-order valence-electron chi connectivity index (χ1n) is 24.7. The fourth-order valence-corrected chi connectivity index (χ4v) is 11.0. The maximum absolute atomic E-state index is 8.79. The van der Waals surface area contributed by atoms with Crippen LogP contribution in [0.1, 0.15) is 101 Å². The van der Waals surface area contributed by atoms with Crippen LogP contribution in [0, 0.1) is 38.2 Å². The number of hydrogen-bond acceptors (Lipinski definition) is 5. The van der Waals surface area contributed by atoms with Gasteiger partial charge in [0.15, 0.2) is 0 Å². The Labute approximate surface area is 412 Å². The van der Waals surface area contributed by atoms with Crippen molar-refractivity contribution in [2.24, 2.45) is 5.41 Å². The molecule has 65 heavy (non-hydrogen) atoms. The molecule has 0 fully saturated rings. The van der Waals surface area contributed by atoms with E-state index in [0.29, 0.717) is 28.7 Å². The predicted octanol–water partition coefficient (Wildman–Crippen LogP) is 15.2. The molecule has 0 aliphatic carbocycles. The van der Waals surface area contributed by atoms with E-state index < -0.39 is 26.7 Å². The van der Waals surface area contributed by atoms with Gasteiger partial charge in [0.25, 0.3) is 0 Å². The first-order valence-corrected chi connectivity index (χ1v) is 26.5. The van der Waals surface area contributed by atoms with Gasteiger partial charge >= 0.3 is 0 Å². The number of aryl methyl sites for hydroxylation is 3. The molecule has 0 amide bonds. The van der Waals surface area contributed by atoms with Gasteiger partial charge < -0.3 is 9.55 Å². The minimum Gasteiger partial charge on any atom is -0.331 e. The van der Waals surface area contributed by atoms with Crippen molar-refractivity contribution in [3.8, 4) is 39.5 Å². The Kier molecular flexibility index (Phi) is 12.1. The van der Waals surface area contributed by atoms with Crippen molar-refractivity contribution in [3.05, 3.63) is 155 Å². The molecule has 9 rings (SSSR count). The van der Waals surface area contributed by atoms with Crippen LogP contribution in [-0.4, -0.2) is 32.6 Å². The van der Waals surface area contributed by atoms with E-state index in [0.717, 1.165) is 38.1 Å². The van der Waals surface area contributed by atoms with E-state index >= 15 is 0 Å². The Morgan fingerprint density at radius 1 is 0.831 bits per heavy atom. The third kappa shape index (κ3) is 10.0. The number of nitrogens with zero attached hydrogens (tertiary/aromatic N) is 5. The van der Waals surface area contributed by atoms with Crippen molar-refractivity contribution in [1.82, 2.24) is 24.5 Å². The van der Waals surface area contributed by atoms with E-state index in [1.807, 2.05) is 45.3 Å². The summed E-state index contributed by atoms with van der Waals surface area (Å²) in [7, 11) is -1.81. The number of thiophene rings is 1. The first-order chi connectivity index (χ1) is 32.4. The molecule has 0 aliphatic rings. The topological polar surface area (TPSA) is 56.5 Å². The van der Waals surface area contributed by atoms with E-state index in [4.69, 9.17) is 16.8 Å². The molecule has 0 N–H and O–H groups in total. The van der Waals surface area contributed by atoms with Crippen LogP contribution in [0.3, 0.4) is 0 Å². The number of imidazole rings is 1. The molecule has 1 radical (unpaired) electrons. The predicted molar refractivity (Wildman–Crippen MR) is 276 cm³/mol. The molecule has 4 aromatic carbocycles. The third-order valence-electron chi connectivity index (χ3n) is 11.5. The fourth-order valence-electron chi connectivity index (χ4n) is 8.35. The first kappa shape index (κ1) is 41.3. The average molecular weight is 1070 g/mol. The van der Waals surface area contributed by atoms with Gasteiger partial charge in [-0.15, -0.1) is 53.1 Å². The van der Waals surface area contributed by atoms with Crippen LogP contribution in [0.2, 0.25) is 19.6 Å². The summed E-state index contributed by atoms with van der Waals surface area (Å²) in [6, 6.07) is 37.0. The summed E-state index contributed by atoms with van der Waals surface area (Å²) in [6.45, 7) is 23.4. The molecule has 0 spiro atoms. The van der Waals surface area contributed by atoms with E-state index in [-0.39, 0.29) is 25.7 Å². The molecule has 5 aromatic heterocycles. The van der Waals surface area contributed by atoms with Crippen molar-refractivity contribution in [1.29, 1.82) is 0 Å². The molecule has 0 saturated carbocycles. The summed E-state index contributed by atoms with van der Waals surface area (Å²) in [6.07, 6.45) is 4.05. The molecular formula is C57H61IrN5SSi-2. The van der Waals surface area contributed by atoms with Gasteiger partial charge in [0, 0.05) is 56.1 Å². The van der Waals surface area contributed by atoms with E-state index in [2.05, 4.69) is 149 Å². The van der Waals surface area contributed by atoms with Crippen molar-refractivity contribution in [2.75, 3.05) is 0 Å². The molecule has 5 nitrogen and oxygen atoms in total. The van der Waals surface area contributed by atoms with Crippen molar-refractivity contribution in [2.45, 2.75) is 107 Å². The molecule has 335 valence electrons. The van der Waals surface area contributed by atoms with Gasteiger partial charge in [0.05, 0.1) is 31.1 Å². The monoisotopic (exact) mass is 1070 g/mol. The number of pyridine rings is 3. The number of hydrogen-bond donors (Lipinski definition) is 0. The zero-order chi connectivity index (χ0) is 50.0. The third-order valence-corrected chi connectivity index (χ3v) is 14.6. The van der Waals surface area contributed by atoms with Crippen LogP contribution in [0.5, 0.6) is 0 Å². The van der Waals surface area contributed by atoms with Crippen LogP contribution in [0.25, 0.3) is 70.8 Å². The Morgan fingerprint density at radius 3 is 2.18 bits per heavy atom. The fraction of sp³-hybridized carbons (Fsp3) is 0.298. The summed E-state index contributed by atoms with van der Waals surface area (Å²) in [5.74, 6) is 1.48. The molecule has 5 heterocycles. The van der Waals surface area contributed by atoms with Crippen LogP contribution < -0.4 is 5.19 Å². The Morgan fingerprint density at radius 2 is 1.55 bits per heavy atom. The maximum Gasteiger partial charge on any atom is 0.114 e. The molecule has 0 aliphatic heterocycles. The number of fused-ring (bicyclic) bond motifs is 4. The van der Waals surface area contributed by atoms with Crippen molar-refractivity contribution in [3.63, 3.8) is 0 Å². The van der Waals surface area contributed by atoms with Crippen molar-refractivity contribution < 1.29 is 27.0 Å². The Balaban J connectivity index is 0.000000225. The largest absolute Gasteiger partial charge is 0.331 e. The Bertz CT molecular complexity index is 3320. The summed E-state index contributed by atoms with van der Waals surface area (Å²) < 4.78 is 43.6. The molecule has 0 bridgehead atoms. The zero-order valence-corrected chi connectivity index (χ0v) is 43.7. The second-order valence-electron chi connectivity index (χ2n) is 19.5. The van der Waals surface area contributed by atoms with Crippen LogP contribution >= 0.6 is 11.3 Å². The summed E-state index contributed by atoms with van der Waals surface area (Å²) in [5.41, 5.74) is 13.0. The molecule has 0 atom stereocenters. The normalized spacial score (nSPS) is 13.5. The van der Waals surface area contributed by atoms with Crippen molar-refractivity contribution >= 4 is 55.9 Å². The number of benzene rings is 4. The molecular weight excluding hydrogens is 1010 g/mol. The van der Waals surface area contributed by atoms with Gasteiger partial charge in [-0.1, -0.05) is 141 Å².